The molecule has 0 spiro atoms. The predicted octanol–water partition coefficient (Wildman–Crippen LogP) is 2.52. The Bertz CT molecular complexity index is 171. The highest BCUT2D eigenvalue weighted by atomic mass is 32.2. The van der Waals surface area contributed by atoms with E-state index in [-0.39, 0.29) is 12.4 Å². The molecule has 0 bridgehead atoms. The van der Waals surface area contributed by atoms with Crippen LogP contribution in [-0.2, 0) is 14.3 Å². The van der Waals surface area contributed by atoms with Crippen LogP contribution in [0.2, 0.25) is 0 Å². The van der Waals surface area contributed by atoms with Crippen LogP contribution in [0.25, 0.3) is 0 Å². The van der Waals surface area contributed by atoms with Gasteiger partial charge in [0.25, 0.3) is 0 Å². The number of unbranched alkanes of at least 4 members (excludes halogenated alkanes) is 1. The van der Waals surface area contributed by atoms with E-state index in [0.29, 0.717) is 5.94 Å². The van der Waals surface area contributed by atoms with Crippen LogP contribution in [0.3, 0.4) is 0 Å². The molecular weight excluding hydrogens is 216 g/mol. The number of aliphatic carboxylic acids is 1. The normalized spacial score (nSPS) is 8.73. The van der Waals surface area contributed by atoms with E-state index in [1.165, 1.54) is 19.8 Å². The first kappa shape index (κ1) is 16.7. The number of esters is 1. The maximum Gasteiger partial charge on any atom is 0.303 e. The zero-order valence-electron chi connectivity index (χ0n) is 9.62. The molecule has 0 aromatic carbocycles. The molecule has 1 N–H and O–H groups in total. The Labute approximate surface area is 95.4 Å². The van der Waals surface area contributed by atoms with Crippen LogP contribution in [0, 0.1) is 0 Å². The molecular formula is C10H20O4S. The number of hydrogen-bond acceptors (Lipinski definition) is 4. The van der Waals surface area contributed by atoms with Gasteiger partial charge in [0.05, 0.1) is 0 Å². The summed E-state index contributed by atoms with van der Waals surface area (Å²) >= 11 is 1.66. The van der Waals surface area contributed by atoms with Crippen LogP contribution in [0.4, 0.5) is 0 Å². The van der Waals surface area contributed by atoms with Crippen LogP contribution in [0.1, 0.15) is 40.0 Å². The quantitative estimate of drug-likeness (QED) is 0.436. The summed E-state index contributed by atoms with van der Waals surface area (Å²) < 4.78 is 4.71. The molecule has 0 rings (SSSR count). The fourth-order valence-electron chi connectivity index (χ4n) is 0.430. The summed E-state index contributed by atoms with van der Waals surface area (Å²) in [7, 11) is 0. The van der Waals surface area contributed by atoms with Gasteiger partial charge in [0.1, 0.15) is 5.94 Å². The molecule has 0 aliphatic carbocycles. The molecule has 0 aromatic heterocycles. The number of carbonyl (C=O) groups is 2. The maximum absolute atomic E-state index is 10.2. The second kappa shape index (κ2) is 13.3. The molecule has 0 aliphatic heterocycles. The zero-order valence-corrected chi connectivity index (χ0v) is 10.4. The van der Waals surface area contributed by atoms with Gasteiger partial charge in [-0.1, -0.05) is 20.3 Å². The summed E-state index contributed by atoms with van der Waals surface area (Å²) in [6, 6.07) is 0. The number of carbonyl (C=O) groups excluding carboxylic acids is 1. The van der Waals surface area contributed by atoms with Crippen molar-refractivity contribution in [3.63, 3.8) is 0 Å². The van der Waals surface area contributed by atoms with Crippen LogP contribution >= 0.6 is 11.8 Å². The van der Waals surface area contributed by atoms with Crippen molar-refractivity contribution in [2.75, 3.05) is 11.7 Å². The molecule has 0 heterocycles. The maximum atomic E-state index is 10.2. The monoisotopic (exact) mass is 236 g/mol. The van der Waals surface area contributed by atoms with Gasteiger partial charge in [-0.2, -0.15) is 0 Å². The highest BCUT2D eigenvalue weighted by molar-refractivity contribution is 7.99. The Morgan fingerprint density at radius 3 is 2.20 bits per heavy atom. The Hall–Kier alpha value is -0.710. The van der Waals surface area contributed by atoms with Gasteiger partial charge >= 0.3 is 11.9 Å². The lowest BCUT2D eigenvalue weighted by atomic mass is 10.4. The summed E-state index contributed by atoms with van der Waals surface area (Å²) in [6.45, 7) is 5.18. The van der Waals surface area contributed by atoms with Gasteiger partial charge in [-0.05, 0) is 12.2 Å². The molecule has 0 aliphatic rings. The summed E-state index contributed by atoms with van der Waals surface area (Å²) in [6.07, 6.45) is 2.62. The van der Waals surface area contributed by atoms with E-state index in [9.17, 15) is 9.59 Å². The standard InChI is InChI=1S/C7H14O2S.C3H6O2/c1-3-4-5-10-6-9-7(2)8;1-2-3(4)5/h3-6H2,1-2H3;2H2,1H3,(H,4,5). The third kappa shape index (κ3) is 24.6. The Kier molecular flexibility index (Phi) is 14.8. The van der Waals surface area contributed by atoms with Gasteiger partial charge in [0.2, 0.25) is 0 Å². The molecule has 15 heavy (non-hydrogen) atoms. The van der Waals surface area contributed by atoms with Crippen molar-refractivity contribution >= 4 is 23.7 Å². The molecule has 90 valence electrons. The minimum Gasteiger partial charge on any atom is -0.481 e. The summed E-state index contributed by atoms with van der Waals surface area (Å²) in [5, 5.41) is 7.72. The number of rotatable bonds is 6. The van der Waals surface area contributed by atoms with Gasteiger partial charge in [-0.3, -0.25) is 9.59 Å². The van der Waals surface area contributed by atoms with Crippen molar-refractivity contribution in [1.82, 2.24) is 0 Å². The number of carboxylic acid groups (broad SMARTS) is 1. The molecule has 0 amide bonds. The average Bonchev–Trinajstić information content (AvgIpc) is 2.18. The van der Waals surface area contributed by atoms with E-state index in [2.05, 4.69) is 6.92 Å². The van der Waals surface area contributed by atoms with Crippen LogP contribution in [-0.4, -0.2) is 28.7 Å². The van der Waals surface area contributed by atoms with E-state index in [1.54, 1.807) is 18.7 Å². The molecule has 0 radical (unpaired) electrons. The van der Waals surface area contributed by atoms with Crippen LogP contribution < -0.4 is 0 Å². The minimum absolute atomic E-state index is 0.191. The molecule has 0 fully saturated rings. The highest BCUT2D eigenvalue weighted by Crippen LogP contribution is 2.03. The average molecular weight is 236 g/mol. The van der Waals surface area contributed by atoms with Crippen molar-refractivity contribution in [2.24, 2.45) is 0 Å². The third-order valence-electron chi connectivity index (χ3n) is 1.29. The molecule has 0 atom stereocenters. The Morgan fingerprint density at radius 1 is 1.33 bits per heavy atom. The van der Waals surface area contributed by atoms with Crippen molar-refractivity contribution in [3.05, 3.63) is 0 Å². The van der Waals surface area contributed by atoms with E-state index in [1.807, 2.05) is 0 Å². The van der Waals surface area contributed by atoms with E-state index >= 15 is 0 Å². The number of hydrogen-bond donors (Lipinski definition) is 1. The number of thioether (sulfide) groups is 1. The fourth-order valence-corrected chi connectivity index (χ4v) is 1.29. The lowest BCUT2D eigenvalue weighted by molar-refractivity contribution is -0.139. The number of carboxylic acids is 1. The topological polar surface area (TPSA) is 63.6 Å². The van der Waals surface area contributed by atoms with Crippen molar-refractivity contribution < 1.29 is 19.4 Å². The predicted molar refractivity (Wildman–Crippen MR) is 61.9 cm³/mol. The summed E-state index contributed by atoms with van der Waals surface area (Å²) in [5.41, 5.74) is 0. The molecule has 4 nitrogen and oxygen atoms in total. The van der Waals surface area contributed by atoms with Gasteiger partial charge in [-0.15, -0.1) is 11.8 Å². The Morgan fingerprint density at radius 2 is 1.87 bits per heavy atom. The highest BCUT2D eigenvalue weighted by Gasteiger charge is 1.91. The van der Waals surface area contributed by atoms with Crippen LogP contribution in [0.15, 0.2) is 0 Å². The zero-order chi connectivity index (χ0) is 12.1. The third-order valence-corrected chi connectivity index (χ3v) is 2.15. The first-order chi connectivity index (χ1) is 7.04. The number of ether oxygens (including phenoxy) is 1. The van der Waals surface area contributed by atoms with Crippen LogP contribution in [0.5, 0.6) is 0 Å². The second-order valence-electron chi connectivity index (χ2n) is 2.76. The second-order valence-corrected chi connectivity index (χ2v) is 3.82. The summed E-state index contributed by atoms with van der Waals surface area (Å²) in [4.78, 5) is 19.6. The molecule has 0 saturated carbocycles. The largest absolute Gasteiger partial charge is 0.481 e. The summed E-state index contributed by atoms with van der Waals surface area (Å²) in [5.74, 6) is 0.660. The van der Waals surface area contributed by atoms with Gasteiger partial charge in [0.15, 0.2) is 0 Å². The minimum atomic E-state index is -0.745. The van der Waals surface area contributed by atoms with Gasteiger partial charge < -0.3 is 9.84 Å². The van der Waals surface area contributed by atoms with Crippen molar-refractivity contribution in [3.8, 4) is 0 Å². The first-order valence-corrected chi connectivity index (χ1v) is 6.12. The molecule has 0 aromatic rings. The molecule has 0 saturated heterocycles. The molecule has 5 heteroatoms. The molecule has 0 unspecified atom stereocenters. The van der Waals surface area contributed by atoms with Crippen molar-refractivity contribution in [2.45, 2.75) is 40.0 Å². The first-order valence-electron chi connectivity index (χ1n) is 4.97. The lowest BCUT2D eigenvalue weighted by Crippen LogP contribution is -1.97. The van der Waals surface area contributed by atoms with Gasteiger partial charge in [-0.25, -0.2) is 0 Å². The van der Waals surface area contributed by atoms with E-state index in [0.717, 1.165) is 5.75 Å². The van der Waals surface area contributed by atoms with E-state index < -0.39 is 5.97 Å². The fraction of sp³-hybridized carbons (Fsp3) is 0.800. The van der Waals surface area contributed by atoms with Crippen molar-refractivity contribution in [1.29, 1.82) is 0 Å². The lowest BCUT2D eigenvalue weighted by Gasteiger charge is -1.99. The SMILES string of the molecule is CCC(=O)O.CCCCSCOC(C)=O. The smallest absolute Gasteiger partial charge is 0.303 e. The Balaban J connectivity index is 0. The van der Waals surface area contributed by atoms with Gasteiger partial charge in [0, 0.05) is 13.3 Å². The van der Waals surface area contributed by atoms with E-state index in [4.69, 9.17) is 9.84 Å².